The van der Waals surface area contributed by atoms with Crippen LogP contribution in [0.5, 0.6) is 0 Å². The average molecular weight is 405 g/mol. The first kappa shape index (κ1) is 24.1. The Bertz CT molecular complexity index is 515. The fourth-order valence-electron chi connectivity index (χ4n) is 4.36. The highest BCUT2D eigenvalue weighted by molar-refractivity contribution is 5.90. The molecular weight excluding hydrogens is 368 g/mol. The van der Waals surface area contributed by atoms with Gasteiger partial charge in [-0.25, -0.2) is 0 Å². The Morgan fingerprint density at radius 3 is 2.15 bits per heavy atom. The smallest absolute Gasteiger partial charge is 0.243 e. The number of rotatable bonds is 5. The first-order valence-corrected chi connectivity index (χ1v) is 9.77. The second-order valence-corrected chi connectivity index (χ2v) is 9.43. The third-order valence-electron chi connectivity index (χ3n) is 5.61. The van der Waals surface area contributed by atoms with Gasteiger partial charge in [0.1, 0.15) is 6.04 Å². The van der Waals surface area contributed by atoms with Crippen molar-refractivity contribution in [3.05, 3.63) is 0 Å². The Kier molecular flexibility index (Phi) is 8.11. The third kappa shape index (κ3) is 5.79. The third-order valence-corrected chi connectivity index (χ3v) is 5.61. The summed E-state index contributed by atoms with van der Waals surface area (Å²) in [7, 11) is 0. The maximum atomic E-state index is 12.9. The minimum Gasteiger partial charge on any atom is -0.351 e. The number of hydrogen-bond donors (Lipinski definition) is 4. The van der Waals surface area contributed by atoms with Gasteiger partial charge in [-0.05, 0) is 65.8 Å². The van der Waals surface area contributed by atoms with Gasteiger partial charge < -0.3 is 21.2 Å². The van der Waals surface area contributed by atoms with Gasteiger partial charge in [0.2, 0.25) is 11.8 Å². The van der Waals surface area contributed by atoms with E-state index in [0.717, 1.165) is 19.4 Å². The predicted molar refractivity (Wildman–Crippen MR) is 108 cm³/mol. The summed E-state index contributed by atoms with van der Waals surface area (Å²) >= 11 is 0. The molecule has 0 saturated carbocycles. The number of piperidine rings is 1. The lowest BCUT2D eigenvalue weighted by molar-refractivity contribution is -0.246. The van der Waals surface area contributed by atoms with Crippen LogP contribution in [0, 0.1) is 5.92 Å². The minimum atomic E-state index is -0.553. The molecule has 8 heteroatoms. The Labute approximate surface area is 169 Å². The Hall–Kier alpha value is -0.890. The quantitative estimate of drug-likeness (QED) is 0.561. The molecule has 2 amide bonds. The normalized spacial score (nSPS) is 26.3. The molecule has 0 aromatic rings. The fourth-order valence-corrected chi connectivity index (χ4v) is 4.36. The minimum absolute atomic E-state index is 0. The molecule has 0 radical (unpaired) electrons. The number of hydroxylamine groups is 2. The van der Waals surface area contributed by atoms with Crippen LogP contribution in [-0.4, -0.2) is 57.8 Å². The van der Waals surface area contributed by atoms with E-state index >= 15 is 0 Å². The molecule has 158 valence electrons. The molecule has 1 unspecified atom stereocenters. The van der Waals surface area contributed by atoms with Crippen LogP contribution in [0.4, 0.5) is 0 Å². The van der Waals surface area contributed by atoms with E-state index in [1.807, 2.05) is 41.5 Å². The molecule has 0 bridgehead atoms. The van der Waals surface area contributed by atoms with E-state index < -0.39 is 17.1 Å². The highest BCUT2D eigenvalue weighted by Gasteiger charge is 2.45. The topological polar surface area (TPSA) is 93.7 Å². The molecule has 2 aliphatic rings. The summed E-state index contributed by atoms with van der Waals surface area (Å²) in [5, 5.41) is 21.0. The van der Waals surface area contributed by atoms with Crippen LogP contribution < -0.4 is 16.0 Å². The number of nitrogens with zero attached hydrogens (tertiary/aromatic N) is 1. The summed E-state index contributed by atoms with van der Waals surface area (Å²) < 4.78 is 0. The van der Waals surface area contributed by atoms with Crippen molar-refractivity contribution < 1.29 is 14.8 Å². The number of halogens is 1. The van der Waals surface area contributed by atoms with Crippen molar-refractivity contribution in [3.8, 4) is 0 Å². The van der Waals surface area contributed by atoms with Crippen LogP contribution in [-0.2, 0) is 9.59 Å². The maximum absolute atomic E-state index is 12.9. The average Bonchev–Trinajstić information content (AvgIpc) is 3.03. The first-order chi connectivity index (χ1) is 11.9. The second-order valence-electron chi connectivity index (χ2n) is 9.43. The summed E-state index contributed by atoms with van der Waals surface area (Å²) in [6, 6.07) is -0.790. The highest BCUT2D eigenvalue weighted by Crippen LogP contribution is 2.36. The molecule has 0 aromatic heterocycles. The van der Waals surface area contributed by atoms with Gasteiger partial charge in [0.05, 0.1) is 6.04 Å². The van der Waals surface area contributed by atoms with Crippen LogP contribution in [0.25, 0.3) is 0 Å². The van der Waals surface area contributed by atoms with E-state index in [-0.39, 0.29) is 42.2 Å². The van der Waals surface area contributed by atoms with Gasteiger partial charge in [-0.2, -0.15) is 5.06 Å². The van der Waals surface area contributed by atoms with Crippen LogP contribution in [0.1, 0.15) is 67.2 Å². The van der Waals surface area contributed by atoms with Crippen molar-refractivity contribution in [1.29, 1.82) is 0 Å². The number of carbonyl (C=O) groups excluding carboxylic acids is 2. The van der Waals surface area contributed by atoms with Crippen molar-refractivity contribution >= 4 is 24.2 Å². The van der Waals surface area contributed by atoms with Crippen LogP contribution in [0.15, 0.2) is 0 Å². The summed E-state index contributed by atoms with van der Waals surface area (Å²) in [5.41, 5.74) is -0.853. The molecule has 2 heterocycles. The molecule has 2 saturated heterocycles. The number of amides is 2. The van der Waals surface area contributed by atoms with Crippen molar-refractivity contribution in [3.63, 3.8) is 0 Å². The summed E-state index contributed by atoms with van der Waals surface area (Å²) in [6.45, 7) is 12.6. The second kappa shape index (κ2) is 9.07. The number of hydrogen-bond acceptors (Lipinski definition) is 5. The summed E-state index contributed by atoms with van der Waals surface area (Å²) in [5.74, 6) is -0.240. The lowest BCUT2D eigenvalue weighted by Gasteiger charge is -2.51. The molecule has 2 aliphatic heterocycles. The van der Waals surface area contributed by atoms with Crippen molar-refractivity contribution in [2.24, 2.45) is 5.92 Å². The van der Waals surface area contributed by atoms with Crippen molar-refractivity contribution in [2.75, 3.05) is 6.54 Å². The number of nitrogens with one attached hydrogen (secondary N) is 3. The standard InChI is InChI=1S/C19H36N4O3.ClH/c1-12(2)15(22-16(24)14-8-7-9-20-14)17(25)21-13-10-18(3,4)23(26)19(5,6)11-13;/h12-15,20,26H,7-11H2,1-6H3,(H,21,25)(H,22,24);1H/t14-,15?;/m0./s1. The van der Waals surface area contributed by atoms with E-state index in [1.165, 1.54) is 5.06 Å². The largest absolute Gasteiger partial charge is 0.351 e. The molecule has 27 heavy (non-hydrogen) atoms. The zero-order valence-corrected chi connectivity index (χ0v) is 18.3. The molecule has 7 nitrogen and oxygen atoms in total. The lowest BCUT2D eigenvalue weighted by Crippen LogP contribution is -2.64. The summed E-state index contributed by atoms with van der Waals surface area (Å²) in [6.07, 6.45) is 3.11. The Morgan fingerprint density at radius 1 is 1.15 bits per heavy atom. The molecule has 2 atom stereocenters. The molecule has 0 aromatic carbocycles. The summed E-state index contributed by atoms with van der Waals surface area (Å²) in [4.78, 5) is 25.3. The van der Waals surface area contributed by atoms with E-state index in [9.17, 15) is 14.8 Å². The molecule has 2 rings (SSSR count). The van der Waals surface area contributed by atoms with Crippen LogP contribution >= 0.6 is 12.4 Å². The maximum Gasteiger partial charge on any atom is 0.243 e. The van der Waals surface area contributed by atoms with Gasteiger partial charge in [-0.15, -0.1) is 12.4 Å². The van der Waals surface area contributed by atoms with Crippen molar-refractivity contribution in [1.82, 2.24) is 21.0 Å². The Morgan fingerprint density at radius 2 is 1.70 bits per heavy atom. The highest BCUT2D eigenvalue weighted by atomic mass is 35.5. The van der Waals surface area contributed by atoms with E-state index in [1.54, 1.807) is 0 Å². The molecule has 0 aliphatic carbocycles. The van der Waals surface area contributed by atoms with E-state index in [0.29, 0.717) is 12.8 Å². The van der Waals surface area contributed by atoms with Gasteiger partial charge >= 0.3 is 0 Å². The lowest BCUT2D eigenvalue weighted by atomic mass is 9.79. The first-order valence-electron chi connectivity index (χ1n) is 9.77. The van der Waals surface area contributed by atoms with Gasteiger partial charge in [0.15, 0.2) is 0 Å². The van der Waals surface area contributed by atoms with Crippen LogP contribution in [0.3, 0.4) is 0 Å². The number of carbonyl (C=O) groups is 2. The molecule has 2 fully saturated rings. The fraction of sp³-hybridized carbons (Fsp3) is 0.895. The van der Waals surface area contributed by atoms with Crippen LogP contribution in [0.2, 0.25) is 0 Å². The van der Waals surface area contributed by atoms with E-state index in [4.69, 9.17) is 0 Å². The predicted octanol–water partition coefficient (Wildman–Crippen LogP) is 1.83. The Balaban J connectivity index is 0.00000364. The van der Waals surface area contributed by atoms with E-state index in [2.05, 4.69) is 16.0 Å². The van der Waals surface area contributed by atoms with Gasteiger partial charge in [0.25, 0.3) is 0 Å². The zero-order chi connectivity index (χ0) is 19.7. The zero-order valence-electron chi connectivity index (χ0n) is 17.5. The van der Waals surface area contributed by atoms with Gasteiger partial charge in [-0.3, -0.25) is 9.59 Å². The monoisotopic (exact) mass is 404 g/mol. The van der Waals surface area contributed by atoms with Gasteiger partial charge in [0, 0.05) is 17.1 Å². The molecular formula is C19H37ClN4O3. The SMILES string of the molecule is CC(C)C(NC(=O)[C@@H]1CCCN1)C(=O)NC1CC(C)(C)N(O)C(C)(C)C1.Cl. The molecule has 4 N–H and O–H groups in total. The van der Waals surface area contributed by atoms with Crippen molar-refractivity contribution in [2.45, 2.75) is 96.4 Å². The molecule has 0 spiro atoms. The van der Waals surface area contributed by atoms with Gasteiger partial charge in [-0.1, -0.05) is 13.8 Å².